The predicted octanol–water partition coefficient (Wildman–Crippen LogP) is 2.41. The highest BCUT2D eigenvalue weighted by molar-refractivity contribution is 5.90. The Hall–Kier alpha value is -2.47. The van der Waals surface area contributed by atoms with Crippen LogP contribution in [0.1, 0.15) is 19.3 Å². The molecule has 132 valence electrons. The van der Waals surface area contributed by atoms with Crippen LogP contribution in [0.25, 0.3) is 0 Å². The molecule has 6 heteroatoms. The molecule has 1 aromatic heterocycles. The average Bonchev–Trinajstić information content (AvgIpc) is 2.68. The van der Waals surface area contributed by atoms with Gasteiger partial charge in [0.15, 0.2) is 5.82 Å². The molecule has 2 heterocycles. The highest BCUT2D eigenvalue weighted by atomic mass is 16.1. The number of nitrogens with zero attached hydrogens (tertiary/aromatic N) is 4. The first-order valence-corrected chi connectivity index (χ1v) is 8.80. The van der Waals surface area contributed by atoms with E-state index in [2.05, 4.69) is 32.4 Å². The summed E-state index contributed by atoms with van der Waals surface area (Å²) in [7, 11) is 2.08. The maximum Gasteiger partial charge on any atom is 0.225 e. The quantitative estimate of drug-likeness (QED) is 0.876. The van der Waals surface area contributed by atoms with E-state index in [-0.39, 0.29) is 5.91 Å². The molecular formula is C19H25N5O. The van der Waals surface area contributed by atoms with Gasteiger partial charge in [-0.1, -0.05) is 18.2 Å². The van der Waals surface area contributed by atoms with Gasteiger partial charge in [0.1, 0.15) is 0 Å². The van der Waals surface area contributed by atoms with Crippen molar-refractivity contribution in [2.24, 2.45) is 0 Å². The second-order valence-corrected chi connectivity index (χ2v) is 6.43. The fourth-order valence-electron chi connectivity index (χ4n) is 3.20. The minimum Gasteiger partial charge on any atom is -0.355 e. The molecular weight excluding hydrogens is 314 g/mol. The van der Waals surface area contributed by atoms with Gasteiger partial charge in [-0.25, -0.2) is 0 Å². The zero-order valence-corrected chi connectivity index (χ0v) is 14.6. The lowest BCUT2D eigenvalue weighted by atomic mass is 10.0. The summed E-state index contributed by atoms with van der Waals surface area (Å²) in [4.78, 5) is 16.6. The predicted molar refractivity (Wildman–Crippen MR) is 99.6 cm³/mol. The van der Waals surface area contributed by atoms with Crippen LogP contribution < -0.4 is 10.2 Å². The van der Waals surface area contributed by atoms with Crippen molar-refractivity contribution in [1.82, 2.24) is 15.1 Å². The zero-order valence-electron chi connectivity index (χ0n) is 14.6. The minimum atomic E-state index is 0.0741. The average molecular weight is 339 g/mol. The molecule has 3 rings (SSSR count). The molecule has 0 aliphatic carbocycles. The highest BCUT2D eigenvalue weighted by Crippen LogP contribution is 2.20. The van der Waals surface area contributed by atoms with Crippen LogP contribution in [-0.4, -0.2) is 53.7 Å². The Morgan fingerprint density at radius 3 is 2.64 bits per heavy atom. The normalized spacial score (nSPS) is 15.7. The second-order valence-electron chi connectivity index (χ2n) is 6.43. The number of rotatable bonds is 6. The van der Waals surface area contributed by atoms with Gasteiger partial charge in [-0.05, 0) is 37.1 Å². The number of hydrogen-bond acceptors (Lipinski definition) is 5. The lowest BCUT2D eigenvalue weighted by Gasteiger charge is -2.37. The number of nitrogens with one attached hydrogen (secondary N) is 1. The van der Waals surface area contributed by atoms with Gasteiger partial charge in [0.2, 0.25) is 5.91 Å². The molecule has 0 spiro atoms. The molecule has 1 N–H and O–H groups in total. The standard InChI is InChI=1S/C19H25N5O/c1-23(18-8-5-12-20-22-18)17-9-13-24(14-10-17)15-11-19(25)21-16-6-3-2-4-7-16/h2-8,12,17H,9-11,13-15H2,1H3,(H,21,25). The molecule has 6 nitrogen and oxygen atoms in total. The van der Waals surface area contributed by atoms with Crippen molar-refractivity contribution in [2.75, 3.05) is 36.9 Å². The van der Waals surface area contributed by atoms with Gasteiger partial charge < -0.3 is 15.1 Å². The van der Waals surface area contributed by atoms with E-state index in [1.54, 1.807) is 6.20 Å². The van der Waals surface area contributed by atoms with Crippen molar-refractivity contribution < 1.29 is 4.79 Å². The third-order valence-corrected chi connectivity index (χ3v) is 4.74. The van der Waals surface area contributed by atoms with E-state index >= 15 is 0 Å². The van der Waals surface area contributed by atoms with Crippen molar-refractivity contribution in [2.45, 2.75) is 25.3 Å². The van der Waals surface area contributed by atoms with Crippen molar-refractivity contribution in [1.29, 1.82) is 0 Å². The first-order chi connectivity index (χ1) is 12.2. The number of piperidine rings is 1. The van der Waals surface area contributed by atoms with E-state index < -0.39 is 0 Å². The van der Waals surface area contributed by atoms with Gasteiger partial charge in [0, 0.05) is 51.0 Å². The maximum atomic E-state index is 12.1. The largest absolute Gasteiger partial charge is 0.355 e. The second kappa shape index (κ2) is 8.58. The fraction of sp³-hybridized carbons (Fsp3) is 0.421. The summed E-state index contributed by atoms with van der Waals surface area (Å²) in [5, 5.41) is 11.1. The number of benzene rings is 1. The van der Waals surface area contributed by atoms with Gasteiger partial charge in [-0.15, -0.1) is 5.10 Å². The number of carbonyl (C=O) groups excluding carboxylic acids is 1. The molecule has 0 atom stereocenters. The number of aromatic nitrogens is 2. The van der Waals surface area contributed by atoms with Crippen LogP contribution >= 0.6 is 0 Å². The van der Waals surface area contributed by atoms with Gasteiger partial charge in [0.05, 0.1) is 0 Å². The number of hydrogen-bond donors (Lipinski definition) is 1. The van der Waals surface area contributed by atoms with Crippen LogP contribution in [0.15, 0.2) is 48.7 Å². The molecule has 0 bridgehead atoms. The Bertz CT molecular complexity index is 656. The minimum absolute atomic E-state index is 0.0741. The summed E-state index contributed by atoms with van der Waals surface area (Å²) in [6.07, 6.45) is 4.38. The molecule has 1 amide bonds. The Morgan fingerprint density at radius 1 is 1.20 bits per heavy atom. The Balaban J connectivity index is 1.40. The summed E-state index contributed by atoms with van der Waals surface area (Å²) >= 11 is 0. The summed E-state index contributed by atoms with van der Waals surface area (Å²) < 4.78 is 0. The first-order valence-electron chi connectivity index (χ1n) is 8.80. The van der Waals surface area contributed by atoms with E-state index in [0.29, 0.717) is 12.5 Å². The van der Waals surface area contributed by atoms with Gasteiger partial charge in [-0.2, -0.15) is 5.10 Å². The summed E-state index contributed by atoms with van der Waals surface area (Å²) in [6, 6.07) is 14.0. The van der Waals surface area contributed by atoms with Gasteiger partial charge >= 0.3 is 0 Å². The third-order valence-electron chi connectivity index (χ3n) is 4.74. The Labute approximate surface area is 148 Å². The summed E-state index contributed by atoms with van der Waals surface area (Å²) in [5.41, 5.74) is 0.858. The molecule has 1 aliphatic heterocycles. The van der Waals surface area contributed by atoms with Crippen molar-refractivity contribution in [3.8, 4) is 0 Å². The third kappa shape index (κ3) is 5.00. The highest BCUT2D eigenvalue weighted by Gasteiger charge is 2.23. The van der Waals surface area contributed by atoms with Crippen LogP contribution in [-0.2, 0) is 4.79 Å². The smallest absolute Gasteiger partial charge is 0.225 e. The lowest BCUT2D eigenvalue weighted by Crippen LogP contribution is -2.44. The lowest BCUT2D eigenvalue weighted by molar-refractivity contribution is -0.116. The SMILES string of the molecule is CN(c1cccnn1)C1CCN(CCC(=O)Nc2ccccc2)CC1. The van der Waals surface area contributed by atoms with Crippen molar-refractivity contribution in [3.05, 3.63) is 48.7 Å². The van der Waals surface area contributed by atoms with Crippen molar-refractivity contribution in [3.63, 3.8) is 0 Å². The molecule has 25 heavy (non-hydrogen) atoms. The topological polar surface area (TPSA) is 61.4 Å². The zero-order chi connectivity index (χ0) is 17.5. The van der Waals surface area contributed by atoms with E-state index in [0.717, 1.165) is 44.0 Å². The van der Waals surface area contributed by atoms with Crippen LogP contribution in [0.3, 0.4) is 0 Å². The van der Waals surface area contributed by atoms with Gasteiger partial charge in [0.25, 0.3) is 0 Å². The number of amides is 1. The molecule has 1 aromatic carbocycles. The van der Waals surface area contributed by atoms with E-state index in [1.807, 2.05) is 42.5 Å². The summed E-state index contributed by atoms with van der Waals surface area (Å²) in [6.45, 7) is 2.82. The number of para-hydroxylation sites is 1. The monoisotopic (exact) mass is 339 g/mol. The van der Waals surface area contributed by atoms with Crippen LogP contribution in [0, 0.1) is 0 Å². The van der Waals surface area contributed by atoms with Crippen molar-refractivity contribution >= 4 is 17.4 Å². The van der Waals surface area contributed by atoms with Crippen LogP contribution in [0.5, 0.6) is 0 Å². The Kier molecular flexibility index (Phi) is 5.95. The van der Waals surface area contributed by atoms with Crippen LogP contribution in [0.4, 0.5) is 11.5 Å². The van der Waals surface area contributed by atoms with E-state index in [1.165, 1.54) is 0 Å². The fourth-order valence-corrected chi connectivity index (χ4v) is 3.20. The maximum absolute atomic E-state index is 12.1. The van der Waals surface area contributed by atoms with Crippen LogP contribution in [0.2, 0.25) is 0 Å². The summed E-state index contributed by atoms with van der Waals surface area (Å²) in [5.74, 6) is 0.994. The molecule has 0 saturated carbocycles. The first kappa shape index (κ1) is 17.4. The number of anilines is 2. The molecule has 1 fully saturated rings. The molecule has 0 radical (unpaired) electrons. The number of likely N-dealkylation sites (tertiary alicyclic amines) is 1. The Morgan fingerprint density at radius 2 is 1.96 bits per heavy atom. The van der Waals surface area contributed by atoms with E-state index in [9.17, 15) is 4.79 Å². The number of carbonyl (C=O) groups is 1. The molecule has 0 unspecified atom stereocenters. The van der Waals surface area contributed by atoms with Gasteiger partial charge in [-0.3, -0.25) is 4.79 Å². The molecule has 1 aliphatic rings. The van der Waals surface area contributed by atoms with E-state index in [4.69, 9.17) is 0 Å². The molecule has 2 aromatic rings. The molecule has 1 saturated heterocycles.